The van der Waals surface area contributed by atoms with Gasteiger partial charge in [-0.3, -0.25) is 10.8 Å². The number of carbonyl (C=O) groups is 1. The fourth-order valence-electron chi connectivity index (χ4n) is 1.26. The van der Waals surface area contributed by atoms with Gasteiger partial charge in [-0.1, -0.05) is 0 Å². The summed E-state index contributed by atoms with van der Waals surface area (Å²) >= 11 is 0. The molecule has 1 aromatic carbocycles. The third-order valence-corrected chi connectivity index (χ3v) is 2.10. The van der Waals surface area contributed by atoms with Gasteiger partial charge in [0.25, 0.3) is 0 Å². The largest absolute Gasteiger partial charge is 0.573 e. The van der Waals surface area contributed by atoms with Gasteiger partial charge in [0.1, 0.15) is 11.8 Å². The van der Waals surface area contributed by atoms with Crippen LogP contribution in [0.2, 0.25) is 0 Å². The van der Waals surface area contributed by atoms with Crippen LogP contribution in [0.4, 0.5) is 18.9 Å². The highest BCUT2D eigenvalue weighted by Crippen LogP contribution is 2.27. The first-order valence-electron chi connectivity index (χ1n) is 5.35. The van der Waals surface area contributed by atoms with E-state index < -0.39 is 35.2 Å². The van der Waals surface area contributed by atoms with Crippen LogP contribution in [0.15, 0.2) is 23.3 Å². The molecule has 1 rings (SSSR count). The molecule has 0 fully saturated rings. The van der Waals surface area contributed by atoms with Gasteiger partial charge in [-0.05, 0) is 18.2 Å². The molecular formula is C11H8F3N5O3. The number of rotatable bonds is 5. The van der Waals surface area contributed by atoms with Crippen molar-refractivity contribution in [1.82, 2.24) is 0 Å². The molecule has 0 saturated carbocycles. The van der Waals surface area contributed by atoms with E-state index in [1.54, 1.807) is 0 Å². The van der Waals surface area contributed by atoms with E-state index in [9.17, 15) is 18.0 Å². The summed E-state index contributed by atoms with van der Waals surface area (Å²) in [6.45, 7) is 0. The molecule has 116 valence electrons. The summed E-state index contributed by atoms with van der Waals surface area (Å²) in [4.78, 5) is 11.0. The molecular weight excluding hydrogens is 307 g/mol. The highest BCUT2D eigenvalue weighted by atomic mass is 19.4. The molecule has 0 unspecified atom stereocenters. The van der Waals surface area contributed by atoms with Crippen molar-refractivity contribution in [2.24, 2.45) is 10.8 Å². The Bertz CT molecular complexity index is 679. The number of benzene rings is 1. The normalized spacial score (nSPS) is 11.5. The number of hydrazone groups is 1. The Labute approximate surface area is 121 Å². The molecule has 0 saturated heterocycles. The number of anilines is 1. The van der Waals surface area contributed by atoms with Gasteiger partial charge in [0.05, 0.1) is 11.3 Å². The Balaban J connectivity index is 3.14. The topological polar surface area (TPSA) is 145 Å². The smallest absolute Gasteiger partial charge is 0.478 e. The quantitative estimate of drug-likeness (QED) is 0.368. The van der Waals surface area contributed by atoms with Crippen LogP contribution in [0, 0.1) is 16.7 Å². The van der Waals surface area contributed by atoms with Gasteiger partial charge in [0.15, 0.2) is 5.84 Å². The number of aromatic carboxylic acids is 1. The number of nitrogens with zero attached hydrogens (tertiary/aromatic N) is 2. The van der Waals surface area contributed by atoms with Gasteiger partial charge in [0, 0.05) is 0 Å². The van der Waals surface area contributed by atoms with Crippen LogP contribution in [0.5, 0.6) is 5.75 Å². The van der Waals surface area contributed by atoms with Crippen LogP contribution in [0.1, 0.15) is 10.4 Å². The Morgan fingerprint density at radius 3 is 2.59 bits per heavy atom. The van der Waals surface area contributed by atoms with E-state index in [1.165, 1.54) is 6.07 Å². The fourth-order valence-corrected chi connectivity index (χ4v) is 1.26. The molecule has 0 aromatic heterocycles. The lowest BCUT2D eigenvalue weighted by molar-refractivity contribution is -0.274. The molecule has 0 heterocycles. The third kappa shape index (κ3) is 4.67. The minimum atomic E-state index is -4.97. The number of ether oxygens (including phenoxy) is 1. The van der Waals surface area contributed by atoms with Crippen LogP contribution >= 0.6 is 0 Å². The zero-order valence-electron chi connectivity index (χ0n) is 10.6. The van der Waals surface area contributed by atoms with Crippen molar-refractivity contribution in [2.75, 3.05) is 5.43 Å². The van der Waals surface area contributed by atoms with E-state index in [1.807, 2.05) is 0 Å². The van der Waals surface area contributed by atoms with Crippen LogP contribution in [0.3, 0.4) is 0 Å². The van der Waals surface area contributed by atoms with Crippen molar-refractivity contribution in [3.63, 3.8) is 0 Å². The van der Waals surface area contributed by atoms with Crippen LogP contribution in [-0.4, -0.2) is 29.0 Å². The first kappa shape index (κ1) is 16.8. The minimum Gasteiger partial charge on any atom is -0.478 e. The molecule has 8 nitrogen and oxygen atoms in total. The van der Waals surface area contributed by atoms with Gasteiger partial charge < -0.3 is 15.6 Å². The lowest BCUT2D eigenvalue weighted by Gasteiger charge is -2.11. The summed E-state index contributed by atoms with van der Waals surface area (Å²) in [7, 11) is 0. The van der Waals surface area contributed by atoms with Crippen molar-refractivity contribution >= 4 is 23.2 Å². The molecule has 0 aliphatic heterocycles. The number of nitriles is 1. The van der Waals surface area contributed by atoms with Crippen molar-refractivity contribution < 1.29 is 27.8 Å². The van der Waals surface area contributed by atoms with Crippen LogP contribution in [-0.2, 0) is 0 Å². The van der Waals surface area contributed by atoms with Crippen LogP contribution < -0.4 is 15.9 Å². The highest BCUT2D eigenvalue weighted by Gasteiger charge is 2.31. The van der Waals surface area contributed by atoms with Gasteiger partial charge in [-0.15, -0.1) is 13.2 Å². The Morgan fingerprint density at radius 1 is 1.50 bits per heavy atom. The molecule has 11 heteroatoms. The molecule has 0 aliphatic rings. The van der Waals surface area contributed by atoms with Crippen molar-refractivity contribution in [3.8, 4) is 11.8 Å². The summed E-state index contributed by atoms with van der Waals surface area (Å²) in [5.41, 5.74) is 5.86. The summed E-state index contributed by atoms with van der Waals surface area (Å²) in [5.74, 6) is -2.94. The van der Waals surface area contributed by atoms with E-state index >= 15 is 0 Å². The average Bonchev–Trinajstić information content (AvgIpc) is 2.38. The second-order valence-electron chi connectivity index (χ2n) is 3.66. The Kier molecular flexibility index (Phi) is 4.91. The van der Waals surface area contributed by atoms with Gasteiger partial charge in [0.2, 0.25) is 5.71 Å². The zero-order valence-corrected chi connectivity index (χ0v) is 10.6. The van der Waals surface area contributed by atoms with Gasteiger partial charge in [-0.25, -0.2) is 4.79 Å². The fraction of sp³-hybridized carbons (Fsp3) is 0.0909. The third-order valence-electron chi connectivity index (χ3n) is 2.10. The van der Waals surface area contributed by atoms with Crippen LogP contribution in [0.25, 0.3) is 0 Å². The first-order valence-corrected chi connectivity index (χ1v) is 5.35. The highest BCUT2D eigenvalue weighted by molar-refractivity contribution is 6.45. The second-order valence-corrected chi connectivity index (χ2v) is 3.66. The second kappa shape index (κ2) is 6.44. The summed E-state index contributed by atoms with van der Waals surface area (Å²) < 4.78 is 39.8. The number of alkyl halides is 3. The number of hydrogen-bond acceptors (Lipinski definition) is 6. The zero-order chi connectivity index (χ0) is 16.9. The summed E-state index contributed by atoms with van der Waals surface area (Å²) in [5, 5.41) is 28.0. The van der Waals surface area contributed by atoms with E-state index in [2.05, 4.69) is 15.3 Å². The van der Waals surface area contributed by atoms with E-state index in [0.717, 1.165) is 12.1 Å². The molecule has 22 heavy (non-hydrogen) atoms. The molecule has 0 spiro atoms. The monoisotopic (exact) mass is 315 g/mol. The Hall–Kier alpha value is -3.29. The number of nitrogens with one attached hydrogen (secondary N) is 2. The molecule has 5 N–H and O–H groups in total. The number of carboxylic acid groups (broad SMARTS) is 1. The standard InChI is InChI=1S/C11H8F3N5O3/c12-11(13,14)22-5-1-2-7(6(3-5)10(20)21)18-19-8(4-15)9(16)17/h1-3,18H,(H3,16,17)(H,20,21)/b19-8+. The minimum absolute atomic E-state index is 0.212. The molecule has 0 amide bonds. The van der Waals surface area contributed by atoms with Crippen molar-refractivity contribution in [2.45, 2.75) is 6.36 Å². The number of hydrogen-bond donors (Lipinski definition) is 4. The first-order chi connectivity index (χ1) is 10.1. The molecule has 0 bridgehead atoms. The van der Waals surface area contributed by atoms with Gasteiger partial charge in [-0.2, -0.15) is 10.4 Å². The maximum absolute atomic E-state index is 12.1. The van der Waals surface area contributed by atoms with E-state index in [0.29, 0.717) is 6.07 Å². The molecule has 0 atom stereocenters. The average molecular weight is 315 g/mol. The SMILES string of the molecule is N#C/C(=N\Nc1ccc(OC(F)(F)F)cc1C(=O)O)C(=N)N. The predicted molar refractivity (Wildman–Crippen MR) is 68.7 cm³/mol. The lowest BCUT2D eigenvalue weighted by atomic mass is 10.1. The van der Waals surface area contributed by atoms with Crippen molar-refractivity contribution in [1.29, 1.82) is 10.7 Å². The lowest BCUT2D eigenvalue weighted by Crippen LogP contribution is -2.22. The van der Waals surface area contributed by atoms with E-state index in [4.69, 9.17) is 21.5 Å². The maximum atomic E-state index is 12.1. The maximum Gasteiger partial charge on any atom is 0.573 e. The number of halogens is 3. The van der Waals surface area contributed by atoms with Gasteiger partial charge >= 0.3 is 12.3 Å². The number of carboxylic acids is 1. The summed E-state index contributed by atoms with van der Waals surface area (Å²) in [6.07, 6.45) is -4.97. The Morgan fingerprint density at radius 2 is 2.14 bits per heavy atom. The predicted octanol–water partition coefficient (Wildman–Crippen LogP) is 1.51. The molecule has 1 aromatic rings. The van der Waals surface area contributed by atoms with E-state index in [-0.39, 0.29) is 5.69 Å². The van der Waals surface area contributed by atoms with Crippen molar-refractivity contribution in [3.05, 3.63) is 23.8 Å². The molecule has 0 radical (unpaired) electrons. The number of nitrogens with two attached hydrogens (primary N) is 1. The summed E-state index contributed by atoms with van der Waals surface area (Å²) in [6, 6.07) is 3.93. The molecule has 0 aliphatic carbocycles. The number of amidine groups is 1.